The van der Waals surface area contributed by atoms with Gasteiger partial charge < -0.3 is 45.1 Å². The number of aliphatic hydroxyl groups is 5. The van der Waals surface area contributed by atoms with E-state index < -0.39 is 61.3 Å². The summed E-state index contributed by atoms with van der Waals surface area (Å²) in [7, 11) is 0. The summed E-state index contributed by atoms with van der Waals surface area (Å²) in [5.41, 5.74) is -0.327. The van der Waals surface area contributed by atoms with Crippen LogP contribution in [0.25, 0.3) is 0 Å². The zero-order valence-electron chi connectivity index (χ0n) is 13.5. The molecule has 1 fully saturated rings. The number of carbonyl (C=O) groups excluding carboxylic acids is 1. The average molecular weight is 393 g/mol. The van der Waals surface area contributed by atoms with Crippen molar-refractivity contribution in [3.8, 4) is 11.5 Å². The number of ether oxygens (including phenoxy) is 3. The number of nitrogens with one attached hydrogen (secondary N) is 1. The molecule has 10 nitrogen and oxygen atoms in total. The summed E-state index contributed by atoms with van der Waals surface area (Å²) in [5, 5.41) is 50.7. The number of carbonyl (C=O) groups is 1. The van der Waals surface area contributed by atoms with Gasteiger partial charge in [0, 0.05) is 5.56 Å². The second kappa shape index (κ2) is 7.14. The van der Waals surface area contributed by atoms with Gasteiger partial charge in [0.15, 0.2) is 23.8 Å². The van der Waals surface area contributed by atoms with E-state index in [1.807, 2.05) is 0 Å². The zero-order chi connectivity index (χ0) is 19.9. The topological polar surface area (TPSA) is 158 Å². The molecular weight excluding hydrogens is 376 g/mol. The number of halogens is 2. The molecule has 6 atom stereocenters. The highest BCUT2D eigenvalue weighted by molar-refractivity contribution is 5.83. The van der Waals surface area contributed by atoms with E-state index in [4.69, 9.17) is 9.84 Å². The largest absolute Gasteiger partial charge is 0.586 e. The van der Waals surface area contributed by atoms with Crippen LogP contribution in [0.1, 0.15) is 11.7 Å². The molecule has 150 valence electrons. The van der Waals surface area contributed by atoms with Crippen molar-refractivity contribution in [2.24, 2.45) is 0 Å². The molecule has 0 bridgehead atoms. The number of fused-ring (bicyclic) bond motifs is 1. The number of para-hydroxylation sites is 1. The first-order chi connectivity index (χ1) is 12.6. The number of alkyl halides is 2. The van der Waals surface area contributed by atoms with Gasteiger partial charge in [-0.25, -0.2) is 0 Å². The Labute approximate surface area is 150 Å². The first-order valence-corrected chi connectivity index (χ1v) is 7.82. The van der Waals surface area contributed by atoms with Crippen LogP contribution >= 0.6 is 0 Å². The van der Waals surface area contributed by atoms with Crippen LogP contribution in [-0.2, 0) is 9.53 Å². The first kappa shape index (κ1) is 19.7. The molecule has 0 spiro atoms. The van der Waals surface area contributed by atoms with E-state index >= 15 is 0 Å². The van der Waals surface area contributed by atoms with Crippen molar-refractivity contribution in [3.05, 3.63) is 23.8 Å². The summed E-state index contributed by atoms with van der Waals surface area (Å²) in [6.07, 6.45) is -14.0. The zero-order valence-corrected chi connectivity index (χ0v) is 13.5. The Morgan fingerprint density at radius 2 is 1.89 bits per heavy atom. The molecule has 1 aromatic rings. The van der Waals surface area contributed by atoms with E-state index in [1.54, 1.807) is 0 Å². The number of benzene rings is 1. The smallest absolute Gasteiger partial charge is 0.395 e. The van der Waals surface area contributed by atoms with Crippen molar-refractivity contribution in [1.29, 1.82) is 0 Å². The van der Waals surface area contributed by atoms with Gasteiger partial charge in [0.1, 0.15) is 24.4 Å². The fourth-order valence-corrected chi connectivity index (χ4v) is 2.79. The highest BCUT2D eigenvalue weighted by Gasteiger charge is 2.47. The third-order valence-electron chi connectivity index (χ3n) is 4.18. The van der Waals surface area contributed by atoms with Crippen LogP contribution in [0.4, 0.5) is 8.78 Å². The first-order valence-electron chi connectivity index (χ1n) is 7.82. The number of hydrogen-bond donors (Lipinski definition) is 6. The van der Waals surface area contributed by atoms with Crippen LogP contribution in [0.2, 0.25) is 0 Å². The minimum absolute atomic E-state index is 0.327. The van der Waals surface area contributed by atoms with E-state index in [9.17, 15) is 34.0 Å². The Morgan fingerprint density at radius 3 is 2.56 bits per heavy atom. The maximum atomic E-state index is 13.2. The minimum Gasteiger partial charge on any atom is -0.395 e. The number of hydrogen-bond acceptors (Lipinski definition) is 9. The molecule has 0 radical (unpaired) electrons. The normalized spacial score (nSPS) is 32.8. The van der Waals surface area contributed by atoms with Crippen molar-refractivity contribution in [2.75, 3.05) is 6.61 Å². The second-order valence-corrected chi connectivity index (χ2v) is 6.00. The third kappa shape index (κ3) is 3.67. The van der Waals surface area contributed by atoms with E-state index in [0.717, 1.165) is 12.1 Å². The molecule has 1 saturated heterocycles. The molecule has 1 aromatic carbocycles. The molecular formula is C15H17F2NO9. The Kier molecular flexibility index (Phi) is 5.20. The molecule has 6 N–H and O–H groups in total. The number of rotatable bonds is 4. The molecule has 2 aliphatic heterocycles. The van der Waals surface area contributed by atoms with Crippen LogP contribution in [0.3, 0.4) is 0 Å². The molecule has 0 saturated carbocycles. The summed E-state index contributed by atoms with van der Waals surface area (Å²) in [5.74, 6) is -2.08. The Morgan fingerprint density at radius 1 is 1.19 bits per heavy atom. The summed E-state index contributed by atoms with van der Waals surface area (Å²) in [6.45, 7) is -0.716. The van der Waals surface area contributed by atoms with Gasteiger partial charge in [-0.3, -0.25) is 4.79 Å². The van der Waals surface area contributed by atoms with E-state index in [0.29, 0.717) is 0 Å². The molecule has 2 aliphatic rings. The van der Waals surface area contributed by atoms with Gasteiger partial charge in [-0.2, -0.15) is 0 Å². The van der Waals surface area contributed by atoms with Crippen molar-refractivity contribution in [2.45, 2.75) is 43.0 Å². The lowest BCUT2D eigenvalue weighted by Gasteiger charge is -2.40. The molecule has 1 unspecified atom stereocenters. The van der Waals surface area contributed by atoms with Gasteiger partial charge >= 0.3 is 6.29 Å². The lowest BCUT2D eigenvalue weighted by molar-refractivity contribution is -0.287. The lowest BCUT2D eigenvalue weighted by Crippen LogP contribution is -2.63. The van der Waals surface area contributed by atoms with Crippen molar-refractivity contribution in [3.63, 3.8) is 0 Å². The predicted molar refractivity (Wildman–Crippen MR) is 79.5 cm³/mol. The fraction of sp³-hybridized carbons (Fsp3) is 0.533. The minimum atomic E-state index is -3.95. The molecule has 3 rings (SSSR count). The van der Waals surface area contributed by atoms with E-state index in [1.165, 1.54) is 6.07 Å². The molecule has 0 aliphatic carbocycles. The molecule has 27 heavy (non-hydrogen) atoms. The van der Waals surface area contributed by atoms with E-state index in [2.05, 4.69) is 14.8 Å². The molecule has 1 amide bonds. The summed E-state index contributed by atoms with van der Waals surface area (Å²) < 4.78 is 40.0. The van der Waals surface area contributed by atoms with Crippen molar-refractivity contribution in [1.82, 2.24) is 5.32 Å². The SMILES string of the molecule is O=C(N[C@@H]1O[C@H](CO)[C@@H](O)[C@H](O)[C@H]1O)C(O)c1cccc2c1OC(F)(F)O2. The van der Waals surface area contributed by atoms with Crippen LogP contribution in [0, 0.1) is 0 Å². The highest BCUT2D eigenvalue weighted by Crippen LogP contribution is 2.45. The maximum Gasteiger partial charge on any atom is 0.586 e. The Bertz CT molecular complexity index is 717. The van der Waals surface area contributed by atoms with Gasteiger partial charge in [0.05, 0.1) is 6.61 Å². The Balaban J connectivity index is 1.75. The lowest BCUT2D eigenvalue weighted by atomic mass is 9.98. The number of amides is 1. The maximum absolute atomic E-state index is 13.2. The monoisotopic (exact) mass is 393 g/mol. The van der Waals surface area contributed by atoms with Gasteiger partial charge in [-0.1, -0.05) is 12.1 Å². The third-order valence-corrected chi connectivity index (χ3v) is 4.18. The molecule has 0 aromatic heterocycles. The van der Waals surface area contributed by atoms with Crippen LogP contribution in [0.15, 0.2) is 18.2 Å². The molecule has 12 heteroatoms. The highest BCUT2D eigenvalue weighted by atomic mass is 19.3. The molecule has 2 heterocycles. The van der Waals surface area contributed by atoms with Crippen LogP contribution in [0.5, 0.6) is 11.5 Å². The quantitative estimate of drug-likeness (QED) is 0.339. The summed E-state index contributed by atoms with van der Waals surface area (Å²) in [6, 6.07) is 3.56. The van der Waals surface area contributed by atoms with E-state index in [-0.39, 0.29) is 11.3 Å². The van der Waals surface area contributed by atoms with Gasteiger partial charge in [-0.05, 0) is 6.07 Å². The fourth-order valence-electron chi connectivity index (χ4n) is 2.79. The summed E-state index contributed by atoms with van der Waals surface area (Å²) >= 11 is 0. The predicted octanol–water partition coefficient (Wildman–Crippen LogP) is -2.04. The average Bonchev–Trinajstić information content (AvgIpc) is 2.95. The van der Waals surface area contributed by atoms with Gasteiger partial charge in [0.25, 0.3) is 5.91 Å². The number of aliphatic hydroxyl groups excluding tert-OH is 5. The Hall–Kier alpha value is -2.09. The van der Waals surface area contributed by atoms with Crippen molar-refractivity contribution < 1.29 is 53.3 Å². The van der Waals surface area contributed by atoms with Crippen LogP contribution in [-0.4, -0.2) is 75.0 Å². The second-order valence-electron chi connectivity index (χ2n) is 6.00. The van der Waals surface area contributed by atoms with Crippen LogP contribution < -0.4 is 14.8 Å². The standard InChI is InChI=1S/C15H17F2NO9/c16-15(17)26-6-3-1-2-5(12(6)27-15)8(20)13(24)18-14-11(23)10(22)9(21)7(4-19)25-14/h1-3,7-11,14,19-23H,4H2,(H,18,24)/t7-,8?,9-,10+,11-,14-/m1/s1. The van der Waals surface area contributed by atoms with Crippen molar-refractivity contribution >= 4 is 5.91 Å². The van der Waals surface area contributed by atoms with Gasteiger partial charge in [-0.15, -0.1) is 8.78 Å². The van der Waals surface area contributed by atoms with Gasteiger partial charge in [0.2, 0.25) is 0 Å². The summed E-state index contributed by atoms with van der Waals surface area (Å²) in [4.78, 5) is 12.3.